The van der Waals surface area contributed by atoms with Crippen LogP contribution in [0.25, 0.3) is 0 Å². The normalized spacial score (nSPS) is 18.2. The van der Waals surface area contributed by atoms with E-state index in [0.29, 0.717) is 39.6 Å². The molecule has 332 valence electrons. The third-order valence-electron chi connectivity index (χ3n) is 10.7. The molecule has 0 spiro atoms. The fraction of sp³-hybridized carbons (Fsp3) is 0.317. The van der Waals surface area contributed by atoms with E-state index in [0.717, 1.165) is 5.06 Å². The fourth-order valence-corrected chi connectivity index (χ4v) is 8.89. The molecule has 3 heterocycles. The number of amides is 2. The van der Waals surface area contributed by atoms with E-state index in [1.165, 1.54) is 32.4 Å². The Hall–Kier alpha value is -5.39. The number of nitrogens with zero attached hydrogens (tertiary/aromatic N) is 4. The monoisotopic (exact) mass is 912 g/mol. The lowest BCUT2D eigenvalue weighted by Gasteiger charge is -2.31. The minimum absolute atomic E-state index is 0.00371. The summed E-state index contributed by atoms with van der Waals surface area (Å²) in [6, 6.07) is 12.3. The number of anilines is 1. The molecule has 0 saturated carbocycles. The van der Waals surface area contributed by atoms with Gasteiger partial charge in [0.1, 0.15) is 6.20 Å². The van der Waals surface area contributed by atoms with Crippen LogP contribution >= 0.6 is 0 Å². The van der Waals surface area contributed by atoms with Crippen molar-refractivity contribution in [1.29, 1.82) is 0 Å². The Morgan fingerprint density at radius 2 is 1.58 bits per heavy atom. The Kier molecular flexibility index (Phi) is 14.2. The maximum Gasteiger partial charge on any atom is 0.327 e. The largest absolute Gasteiger partial charge is 0.748 e. The number of hydrogen-bond acceptors (Lipinski definition) is 13. The predicted molar refractivity (Wildman–Crippen MR) is 230 cm³/mol. The lowest BCUT2D eigenvalue weighted by atomic mass is 9.75. The third-order valence-corrected chi connectivity index (χ3v) is 13.2. The average molecular weight is 913 g/mol. The molecule has 1 aromatic heterocycles. The number of nitrogens with two attached hydrogens (primary N) is 1. The summed E-state index contributed by atoms with van der Waals surface area (Å²) in [5.74, 6) is 3.73. The summed E-state index contributed by atoms with van der Waals surface area (Å²) in [7, 11) is -10.6. The zero-order valence-corrected chi connectivity index (χ0v) is 37.0. The zero-order chi connectivity index (χ0) is 45.8. The van der Waals surface area contributed by atoms with E-state index >= 15 is 0 Å². The number of aliphatic imine (C=N–C) groups is 1. The molecule has 2 aromatic carbocycles. The van der Waals surface area contributed by atoms with Crippen molar-refractivity contribution < 1.29 is 57.9 Å². The van der Waals surface area contributed by atoms with Gasteiger partial charge in [-0.1, -0.05) is 42.5 Å². The standard InChI is InChI=1S/C41H48N6O12S3/c1-40(2)33-25-29(39(49)45(4)59-5)27-46(21-11-23-60(50,51)52)37(33)43-35(40)13-9-7-6-8-10-14-36-41(3,30-17-15-28(16-18-30)38(48)44-42)32-26-31(62(56,57)58)19-20-34(32)47(36)22-12-24-61(53,54)55/h6-10,13-20,25-27H,11-12,21-24,42H2,1-5H3,(H3-,44,48,50,51,52,53,54,55,56,57,58). The van der Waals surface area contributed by atoms with E-state index < -0.39 is 64.5 Å². The zero-order valence-electron chi connectivity index (χ0n) is 34.5. The maximum absolute atomic E-state index is 13.1. The molecule has 1 atom stereocenters. The van der Waals surface area contributed by atoms with Crippen LogP contribution in [0.3, 0.4) is 0 Å². The van der Waals surface area contributed by atoms with Crippen LogP contribution in [0.1, 0.15) is 71.0 Å². The Balaban J connectivity index is 1.49. The maximum atomic E-state index is 13.1. The van der Waals surface area contributed by atoms with E-state index in [1.54, 1.807) is 88.5 Å². The van der Waals surface area contributed by atoms with Crippen LogP contribution in [-0.4, -0.2) is 93.7 Å². The van der Waals surface area contributed by atoms with Crippen molar-refractivity contribution in [2.45, 2.75) is 55.9 Å². The number of carbonyl (C=O) groups excluding carboxylic acids is 2. The van der Waals surface area contributed by atoms with Gasteiger partial charge in [-0.2, -0.15) is 16.8 Å². The first-order valence-corrected chi connectivity index (χ1v) is 23.7. The second kappa shape index (κ2) is 18.5. The summed E-state index contributed by atoms with van der Waals surface area (Å²) < 4.78 is 103. The van der Waals surface area contributed by atoms with Crippen LogP contribution < -0.4 is 20.7 Å². The molecule has 0 radical (unpaired) electrons. The molecule has 1 unspecified atom stereocenters. The van der Waals surface area contributed by atoms with Gasteiger partial charge < -0.3 is 9.45 Å². The number of benzene rings is 2. The topological polar surface area (TPSA) is 270 Å². The summed E-state index contributed by atoms with van der Waals surface area (Å²) in [6.45, 7) is 5.88. The van der Waals surface area contributed by atoms with Crippen molar-refractivity contribution in [1.82, 2.24) is 10.5 Å². The highest BCUT2D eigenvalue weighted by atomic mass is 32.2. The quantitative estimate of drug-likeness (QED) is 0.0378. The number of rotatable bonds is 17. The number of aryl methyl sites for hydroxylation is 1. The van der Waals surface area contributed by atoms with Crippen molar-refractivity contribution >= 4 is 59.4 Å². The van der Waals surface area contributed by atoms with Gasteiger partial charge in [0, 0.05) is 36.3 Å². The van der Waals surface area contributed by atoms with E-state index in [4.69, 9.17) is 15.7 Å². The summed E-state index contributed by atoms with van der Waals surface area (Å²) in [6.07, 6.45) is 13.8. The molecule has 2 aliphatic rings. The first-order valence-electron chi connectivity index (χ1n) is 19.0. The van der Waals surface area contributed by atoms with Crippen molar-refractivity contribution in [2.24, 2.45) is 10.8 Å². The van der Waals surface area contributed by atoms with Gasteiger partial charge in [0.15, 0.2) is 5.71 Å². The highest BCUT2D eigenvalue weighted by Crippen LogP contribution is 2.52. The van der Waals surface area contributed by atoms with E-state index in [9.17, 15) is 48.5 Å². The highest BCUT2D eigenvalue weighted by molar-refractivity contribution is 7.86. The van der Waals surface area contributed by atoms with Crippen molar-refractivity contribution in [3.63, 3.8) is 0 Å². The van der Waals surface area contributed by atoms with Crippen molar-refractivity contribution in [3.8, 4) is 0 Å². The molecular formula is C41H48N6O12S3. The van der Waals surface area contributed by atoms with E-state index in [-0.39, 0.29) is 42.0 Å². The molecule has 0 bridgehead atoms. The van der Waals surface area contributed by atoms with E-state index in [1.807, 2.05) is 20.8 Å². The summed E-state index contributed by atoms with van der Waals surface area (Å²) in [4.78, 5) is 36.7. The van der Waals surface area contributed by atoms with Gasteiger partial charge in [-0.3, -0.25) is 29.0 Å². The molecule has 0 fully saturated rings. The highest BCUT2D eigenvalue weighted by Gasteiger charge is 2.46. The van der Waals surface area contributed by atoms with Gasteiger partial charge in [0.2, 0.25) is 0 Å². The van der Waals surface area contributed by atoms with Gasteiger partial charge in [0.25, 0.3) is 32.1 Å². The van der Waals surface area contributed by atoms with Gasteiger partial charge >= 0.3 is 5.82 Å². The molecule has 2 aliphatic heterocycles. The molecule has 2 amide bonds. The Labute approximate surface area is 361 Å². The molecule has 18 nitrogen and oxygen atoms in total. The number of hydrazine groups is 1. The smallest absolute Gasteiger partial charge is 0.327 e. The van der Waals surface area contributed by atoms with Crippen molar-refractivity contribution in [2.75, 3.05) is 37.1 Å². The Morgan fingerprint density at radius 1 is 0.919 bits per heavy atom. The van der Waals surface area contributed by atoms with Crippen LogP contribution in [0.15, 0.2) is 113 Å². The molecule has 3 aromatic rings. The number of nitrogens with one attached hydrogen (secondary N) is 1. The first kappa shape index (κ1) is 47.7. The summed E-state index contributed by atoms with van der Waals surface area (Å²) >= 11 is 0. The summed E-state index contributed by atoms with van der Waals surface area (Å²) in [5, 5.41) is 1.06. The SMILES string of the molecule is CON(C)C(=O)c1cc2c([n+](CCCS(=O)(=O)[O-])c1)N=C(/C=C/C=C/C=C/C=C1/N(CCCS(=O)(=O)O)c3ccc(S(=O)(=O)O)cc3C1(C)c1ccc(C(=O)NN)cc1)C2(C)C. The number of hydrogen-bond donors (Lipinski definition) is 4. The Morgan fingerprint density at radius 3 is 2.19 bits per heavy atom. The molecule has 21 heteroatoms. The number of allylic oxidation sites excluding steroid dienone is 8. The molecule has 0 saturated heterocycles. The number of carbonyl (C=O) groups is 2. The van der Waals surface area contributed by atoms with Crippen LogP contribution in [0, 0.1) is 0 Å². The average Bonchev–Trinajstić information content (AvgIpc) is 3.60. The van der Waals surface area contributed by atoms with Gasteiger partial charge in [-0.05, 0) is 98.3 Å². The number of pyridine rings is 1. The second-order valence-electron chi connectivity index (χ2n) is 15.2. The molecule has 62 heavy (non-hydrogen) atoms. The number of fused-ring (bicyclic) bond motifs is 2. The van der Waals surface area contributed by atoms with Crippen LogP contribution in [0.2, 0.25) is 0 Å². The fourth-order valence-electron chi connectivity index (χ4n) is 7.41. The molecular weight excluding hydrogens is 865 g/mol. The minimum Gasteiger partial charge on any atom is -0.748 e. The lowest BCUT2D eigenvalue weighted by molar-refractivity contribution is -0.684. The predicted octanol–water partition coefficient (Wildman–Crippen LogP) is 3.41. The van der Waals surface area contributed by atoms with Gasteiger partial charge in [0.05, 0.1) is 56.4 Å². The summed E-state index contributed by atoms with van der Waals surface area (Å²) in [5.41, 5.74) is 4.33. The van der Waals surface area contributed by atoms with Crippen LogP contribution in [-0.2, 0) is 52.6 Å². The number of nitrogen functional groups attached to an aromatic ring is 1. The van der Waals surface area contributed by atoms with Gasteiger partial charge in [-0.25, -0.2) is 23.9 Å². The van der Waals surface area contributed by atoms with Crippen LogP contribution in [0.4, 0.5) is 11.5 Å². The molecule has 5 N–H and O–H groups in total. The van der Waals surface area contributed by atoms with Crippen molar-refractivity contribution in [3.05, 3.63) is 131 Å². The minimum atomic E-state index is -4.64. The first-order chi connectivity index (χ1) is 28.9. The van der Waals surface area contributed by atoms with Crippen LogP contribution in [0.5, 0.6) is 0 Å². The number of aromatic nitrogens is 1. The molecule has 5 rings (SSSR count). The number of hydroxylamine groups is 2. The van der Waals surface area contributed by atoms with Gasteiger partial charge in [-0.15, -0.1) is 0 Å². The lowest BCUT2D eigenvalue weighted by Crippen LogP contribution is -2.38. The third kappa shape index (κ3) is 10.6. The van der Waals surface area contributed by atoms with E-state index in [2.05, 4.69) is 5.43 Å². The Bertz CT molecular complexity index is 2750. The molecule has 0 aliphatic carbocycles. The second-order valence-corrected chi connectivity index (χ2v) is 19.7.